The van der Waals surface area contributed by atoms with Crippen LogP contribution in [0, 0.1) is 0 Å². The average Bonchev–Trinajstić information content (AvgIpc) is 3.21. The van der Waals surface area contributed by atoms with Crippen molar-refractivity contribution in [2.75, 3.05) is 0 Å². The van der Waals surface area contributed by atoms with Gasteiger partial charge in [-0.2, -0.15) is 0 Å². The molecule has 1 heterocycles. The zero-order valence-corrected chi connectivity index (χ0v) is 17.6. The Morgan fingerprint density at radius 2 is 0.935 bits per heavy atom. The molecule has 144 valence electrons. The topological polar surface area (TPSA) is 0 Å². The molecular formula is C30H18S. The van der Waals surface area contributed by atoms with Gasteiger partial charge in [-0.05, 0) is 67.7 Å². The molecule has 0 saturated heterocycles. The Labute approximate surface area is 184 Å². The van der Waals surface area contributed by atoms with Gasteiger partial charge in [-0.3, -0.25) is 0 Å². The maximum atomic E-state index is 2.36. The van der Waals surface area contributed by atoms with Gasteiger partial charge < -0.3 is 0 Å². The molecule has 6 aromatic carbocycles. The molecule has 1 aromatic heterocycles. The summed E-state index contributed by atoms with van der Waals surface area (Å²) in [5.41, 5.74) is 2.54. The van der Waals surface area contributed by atoms with E-state index in [0.717, 1.165) is 0 Å². The number of rotatable bonds is 1. The fourth-order valence-corrected chi connectivity index (χ4v) is 5.99. The summed E-state index contributed by atoms with van der Waals surface area (Å²) in [6.45, 7) is 0. The largest absolute Gasteiger partial charge is 0.135 e. The second-order valence-electron chi connectivity index (χ2n) is 8.19. The number of hydrogen-bond donors (Lipinski definition) is 0. The number of fused-ring (bicyclic) bond motifs is 8. The molecule has 0 unspecified atom stereocenters. The van der Waals surface area contributed by atoms with Gasteiger partial charge in [0.2, 0.25) is 0 Å². The van der Waals surface area contributed by atoms with E-state index in [-0.39, 0.29) is 0 Å². The fourth-order valence-electron chi connectivity index (χ4n) is 4.90. The summed E-state index contributed by atoms with van der Waals surface area (Å²) >= 11 is 1.87. The molecule has 0 bridgehead atoms. The van der Waals surface area contributed by atoms with Crippen LogP contribution in [0.25, 0.3) is 63.6 Å². The standard InChI is InChI=1S/C30H18S/c1-2-6-23-19(5-1)11-15-25-24(23)14-12-20-9-10-21(17-27(20)25)22-13-16-30-28(18-22)26-7-3-4-8-29(26)31-30/h1-18H. The molecule has 0 fully saturated rings. The van der Waals surface area contributed by atoms with Gasteiger partial charge in [-0.25, -0.2) is 0 Å². The van der Waals surface area contributed by atoms with Crippen molar-refractivity contribution in [2.24, 2.45) is 0 Å². The first-order valence-corrected chi connectivity index (χ1v) is 11.4. The summed E-state index contributed by atoms with van der Waals surface area (Å²) in [4.78, 5) is 0. The molecular weight excluding hydrogens is 392 g/mol. The van der Waals surface area contributed by atoms with Crippen LogP contribution < -0.4 is 0 Å². The second-order valence-corrected chi connectivity index (χ2v) is 9.28. The van der Waals surface area contributed by atoms with Crippen LogP contribution in [0.15, 0.2) is 109 Å². The van der Waals surface area contributed by atoms with E-state index < -0.39 is 0 Å². The van der Waals surface area contributed by atoms with E-state index in [0.29, 0.717) is 0 Å². The Morgan fingerprint density at radius 3 is 1.81 bits per heavy atom. The van der Waals surface area contributed by atoms with Crippen molar-refractivity contribution in [1.82, 2.24) is 0 Å². The highest BCUT2D eigenvalue weighted by Crippen LogP contribution is 2.38. The predicted molar refractivity (Wildman–Crippen MR) is 137 cm³/mol. The van der Waals surface area contributed by atoms with E-state index in [2.05, 4.69) is 109 Å². The molecule has 1 heteroatoms. The molecule has 0 saturated carbocycles. The average molecular weight is 411 g/mol. The van der Waals surface area contributed by atoms with Gasteiger partial charge in [0.05, 0.1) is 0 Å². The Balaban J connectivity index is 1.49. The first-order valence-electron chi connectivity index (χ1n) is 10.6. The molecule has 0 nitrogen and oxygen atoms in total. The molecule has 0 N–H and O–H groups in total. The van der Waals surface area contributed by atoms with Crippen LogP contribution in [0.4, 0.5) is 0 Å². The summed E-state index contributed by atoms with van der Waals surface area (Å²) in [5, 5.41) is 10.6. The van der Waals surface area contributed by atoms with Crippen molar-refractivity contribution in [3.63, 3.8) is 0 Å². The Morgan fingerprint density at radius 1 is 0.355 bits per heavy atom. The highest BCUT2D eigenvalue weighted by Gasteiger charge is 2.09. The molecule has 0 aliphatic rings. The monoisotopic (exact) mass is 410 g/mol. The number of thiophene rings is 1. The van der Waals surface area contributed by atoms with Gasteiger partial charge in [0.25, 0.3) is 0 Å². The minimum absolute atomic E-state index is 1.27. The third kappa shape index (κ3) is 2.54. The van der Waals surface area contributed by atoms with Gasteiger partial charge in [-0.1, -0.05) is 84.9 Å². The summed E-state index contributed by atoms with van der Waals surface area (Å²) in [6.07, 6.45) is 0. The Kier molecular flexibility index (Phi) is 3.52. The molecule has 31 heavy (non-hydrogen) atoms. The molecule has 0 radical (unpaired) electrons. The number of hydrogen-bond acceptors (Lipinski definition) is 1. The van der Waals surface area contributed by atoms with E-state index in [1.54, 1.807) is 0 Å². The highest BCUT2D eigenvalue weighted by atomic mass is 32.1. The van der Waals surface area contributed by atoms with E-state index in [9.17, 15) is 0 Å². The third-order valence-corrected chi connectivity index (χ3v) is 7.61. The van der Waals surface area contributed by atoms with Crippen molar-refractivity contribution in [2.45, 2.75) is 0 Å². The maximum absolute atomic E-state index is 2.36. The molecule has 7 aromatic rings. The fraction of sp³-hybridized carbons (Fsp3) is 0. The minimum Gasteiger partial charge on any atom is -0.135 e. The second kappa shape index (κ2) is 6.41. The Hall–Kier alpha value is -3.68. The quantitative estimate of drug-likeness (QED) is 0.237. The van der Waals surface area contributed by atoms with Crippen LogP contribution in [-0.4, -0.2) is 0 Å². The van der Waals surface area contributed by atoms with Crippen molar-refractivity contribution in [1.29, 1.82) is 0 Å². The van der Waals surface area contributed by atoms with Gasteiger partial charge in [-0.15, -0.1) is 11.3 Å². The molecule has 7 rings (SSSR count). The van der Waals surface area contributed by atoms with Gasteiger partial charge >= 0.3 is 0 Å². The lowest BCUT2D eigenvalue weighted by Crippen LogP contribution is -1.83. The van der Waals surface area contributed by atoms with E-state index in [1.807, 2.05) is 11.3 Å². The van der Waals surface area contributed by atoms with E-state index >= 15 is 0 Å². The van der Waals surface area contributed by atoms with E-state index in [1.165, 1.54) is 63.6 Å². The molecule has 0 aliphatic carbocycles. The first kappa shape index (κ1) is 17.0. The number of benzene rings is 6. The van der Waals surface area contributed by atoms with Crippen molar-refractivity contribution in [3.05, 3.63) is 109 Å². The zero-order valence-electron chi connectivity index (χ0n) is 16.8. The van der Waals surface area contributed by atoms with Gasteiger partial charge in [0, 0.05) is 20.2 Å². The Bertz CT molecular complexity index is 1790. The maximum Gasteiger partial charge on any atom is 0.0355 e. The summed E-state index contributed by atoms with van der Waals surface area (Å²) in [7, 11) is 0. The van der Waals surface area contributed by atoms with Crippen LogP contribution in [0.5, 0.6) is 0 Å². The molecule has 0 aliphatic heterocycles. The van der Waals surface area contributed by atoms with Crippen LogP contribution >= 0.6 is 11.3 Å². The minimum atomic E-state index is 1.27. The predicted octanol–water partition coefficient (Wildman–Crippen LogP) is 9.18. The SMILES string of the molecule is c1ccc2c(c1)ccc1c3cc(-c4ccc5sc6ccccc6c5c4)ccc3ccc21. The third-order valence-electron chi connectivity index (χ3n) is 6.45. The zero-order chi connectivity index (χ0) is 20.4. The molecule has 0 spiro atoms. The van der Waals surface area contributed by atoms with Crippen molar-refractivity contribution >= 4 is 63.8 Å². The summed E-state index contributed by atoms with van der Waals surface area (Å²) < 4.78 is 2.70. The lowest BCUT2D eigenvalue weighted by Gasteiger charge is -2.10. The van der Waals surface area contributed by atoms with Crippen molar-refractivity contribution in [3.8, 4) is 11.1 Å². The van der Waals surface area contributed by atoms with Crippen LogP contribution in [0.3, 0.4) is 0 Å². The summed E-state index contributed by atoms with van der Waals surface area (Å²) in [6, 6.07) is 40.2. The van der Waals surface area contributed by atoms with Crippen LogP contribution in [0.1, 0.15) is 0 Å². The van der Waals surface area contributed by atoms with Crippen LogP contribution in [-0.2, 0) is 0 Å². The van der Waals surface area contributed by atoms with Crippen LogP contribution in [0.2, 0.25) is 0 Å². The highest BCUT2D eigenvalue weighted by molar-refractivity contribution is 7.25. The smallest absolute Gasteiger partial charge is 0.0355 e. The molecule has 0 amide bonds. The van der Waals surface area contributed by atoms with Crippen molar-refractivity contribution < 1.29 is 0 Å². The first-order chi connectivity index (χ1) is 15.3. The van der Waals surface area contributed by atoms with Gasteiger partial charge in [0.1, 0.15) is 0 Å². The lowest BCUT2D eigenvalue weighted by molar-refractivity contribution is 1.71. The van der Waals surface area contributed by atoms with E-state index in [4.69, 9.17) is 0 Å². The normalized spacial score (nSPS) is 11.9. The lowest BCUT2D eigenvalue weighted by atomic mass is 9.94. The summed E-state index contributed by atoms with van der Waals surface area (Å²) in [5.74, 6) is 0. The molecule has 0 atom stereocenters. The van der Waals surface area contributed by atoms with Gasteiger partial charge in [0.15, 0.2) is 0 Å².